The minimum Gasteiger partial charge on any atom is -0.310 e. The van der Waals surface area contributed by atoms with Crippen LogP contribution < -0.4 is 10.9 Å². The highest BCUT2D eigenvalue weighted by molar-refractivity contribution is 6.35. The molecule has 2 N–H and O–H groups in total. The van der Waals surface area contributed by atoms with Gasteiger partial charge >= 0.3 is 0 Å². The fraction of sp³-hybridized carbons (Fsp3) is 0.105. The molecule has 1 aliphatic rings. The summed E-state index contributed by atoms with van der Waals surface area (Å²) >= 11 is 12.3. The van der Waals surface area contributed by atoms with Gasteiger partial charge in [-0.3, -0.25) is 9.59 Å². The molecule has 0 unspecified atom stereocenters. The van der Waals surface area contributed by atoms with Gasteiger partial charge < -0.3 is 10.3 Å². The standard InChI is InChI=1S/C19H13Cl2N3O2/c20-11-6-7-12(14(21)8-11)13-9-15(25)22-18-16(13)19(26)24-17(23-18)10-4-2-1-3-5-10/h1-8,13H,9H2,(H2,22,23,24,25,26)/t13-/m1/s1. The maximum absolute atomic E-state index is 12.8. The van der Waals surface area contributed by atoms with Crippen LogP contribution in [0.1, 0.15) is 23.5 Å². The summed E-state index contributed by atoms with van der Waals surface area (Å²) in [7, 11) is 0. The van der Waals surface area contributed by atoms with Crippen molar-refractivity contribution in [2.45, 2.75) is 12.3 Å². The summed E-state index contributed by atoms with van der Waals surface area (Å²) in [6.07, 6.45) is 0.115. The predicted octanol–water partition coefficient (Wildman–Crippen LogP) is 4.22. The molecule has 1 aromatic heterocycles. The number of hydrogen-bond acceptors (Lipinski definition) is 3. The minimum absolute atomic E-state index is 0.115. The molecule has 2 heterocycles. The Kier molecular flexibility index (Phi) is 4.26. The molecule has 5 nitrogen and oxygen atoms in total. The Morgan fingerprint density at radius 3 is 2.54 bits per heavy atom. The van der Waals surface area contributed by atoms with Crippen LogP contribution >= 0.6 is 23.2 Å². The third kappa shape index (κ3) is 3.00. The average molecular weight is 386 g/mol. The third-order valence-electron chi connectivity index (χ3n) is 4.34. The smallest absolute Gasteiger partial charge is 0.257 e. The van der Waals surface area contributed by atoms with Crippen molar-refractivity contribution in [2.75, 3.05) is 5.32 Å². The van der Waals surface area contributed by atoms with E-state index in [9.17, 15) is 9.59 Å². The van der Waals surface area contributed by atoms with Crippen molar-refractivity contribution >= 4 is 34.9 Å². The summed E-state index contributed by atoms with van der Waals surface area (Å²) in [6, 6.07) is 14.3. The van der Waals surface area contributed by atoms with Crippen LogP contribution in [-0.4, -0.2) is 15.9 Å². The summed E-state index contributed by atoms with van der Waals surface area (Å²) in [5.41, 5.74) is 1.53. The largest absolute Gasteiger partial charge is 0.310 e. The van der Waals surface area contributed by atoms with Gasteiger partial charge in [-0.1, -0.05) is 59.6 Å². The number of H-pyrrole nitrogens is 1. The van der Waals surface area contributed by atoms with Crippen molar-refractivity contribution in [2.24, 2.45) is 0 Å². The molecule has 0 aliphatic carbocycles. The molecule has 1 aliphatic heterocycles. The van der Waals surface area contributed by atoms with Crippen LogP contribution in [0.3, 0.4) is 0 Å². The summed E-state index contributed by atoms with van der Waals surface area (Å²) in [5.74, 6) is -0.0346. The normalized spacial score (nSPS) is 16.1. The van der Waals surface area contributed by atoms with Gasteiger partial charge in [-0.15, -0.1) is 0 Å². The van der Waals surface area contributed by atoms with Crippen LogP contribution in [0.5, 0.6) is 0 Å². The molecule has 0 fully saturated rings. The lowest BCUT2D eigenvalue weighted by Gasteiger charge is -2.25. The molecule has 0 radical (unpaired) electrons. The van der Waals surface area contributed by atoms with Crippen molar-refractivity contribution in [3.63, 3.8) is 0 Å². The molecular weight excluding hydrogens is 373 g/mol. The minimum atomic E-state index is -0.482. The lowest BCUT2D eigenvalue weighted by Crippen LogP contribution is -2.31. The number of anilines is 1. The van der Waals surface area contributed by atoms with Gasteiger partial charge in [0.2, 0.25) is 5.91 Å². The van der Waals surface area contributed by atoms with Crippen LogP contribution in [0.2, 0.25) is 10.0 Å². The number of carbonyl (C=O) groups is 1. The summed E-state index contributed by atoms with van der Waals surface area (Å²) in [4.78, 5) is 32.3. The molecule has 0 saturated carbocycles. The lowest BCUT2D eigenvalue weighted by atomic mass is 9.86. The zero-order valence-electron chi connectivity index (χ0n) is 13.4. The third-order valence-corrected chi connectivity index (χ3v) is 4.90. The van der Waals surface area contributed by atoms with E-state index >= 15 is 0 Å². The van der Waals surface area contributed by atoms with E-state index in [1.807, 2.05) is 30.3 Å². The van der Waals surface area contributed by atoms with E-state index < -0.39 is 5.92 Å². The van der Waals surface area contributed by atoms with Gasteiger partial charge in [-0.05, 0) is 17.7 Å². The van der Waals surface area contributed by atoms with Crippen LogP contribution in [-0.2, 0) is 4.79 Å². The molecule has 2 aromatic carbocycles. The Bertz CT molecular complexity index is 1060. The number of benzene rings is 2. The van der Waals surface area contributed by atoms with Crippen molar-refractivity contribution < 1.29 is 4.79 Å². The van der Waals surface area contributed by atoms with E-state index in [-0.39, 0.29) is 23.7 Å². The van der Waals surface area contributed by atoms with E-state index in [0.717, 1.165) is 5.56 Å². The van der Waals surface area contributed by atoms with E-state index in [1.54, 1.807) is 18.2 Å². The number of aromatic amines is 1. The van der Waals surface area contributed by atoms with Gasteiger partial charge in [0.05, 0.1) is 5.56 Å². The van der Waals surface area contributed by atoms with Gasteiger partial charge in [0.25, 0.3) is 5.56 Å². The van der Waals surface area contributed by atoms with E-state index in [0.29, 0.717) is 27.0 Å². The van der Waals surface area contributed by atoms with E-state index in [2.05, 4.69) is 15.3 Å². The van der Waals surface area contributed by atoms with Crippen molar-refractivity contribution in [1.82, 2.24) is 9.97 Å². The zero-order valence-corrected chi connectivity index (χ0v) is 14.9. The summed E-state index contributed by atoms with van der Waals surface area (Å²) < 4.78 is 0. The Labute approximate surface area is 159 Å². The number of nitrogens with one attached hydrogen (secondary N) is 2. The molecule has 1 atom stereocenters. The maximum atomic E-state index is 12.8. The fourth-order valence-corrected chi connectivity index (χ4v) is 3.69. The lowest BCUT2D eigenvalue weighted by molar-refractivity contribution is -0.116. The Morgan fingerprint density at radius 1 is 1.04 bits per heavy atom. The van der Waals surface area contributed by atoms with Crippen LogP contribution in [0.25, 0.3) is 11.4 Å². The highest BCUT2D eigenvalue weighted by Gasteiger charge is 2.32. The molecule has 26 heavy (non-hydrogen) atoms. The van der Waals surface area contributed by atoms with Crippen LogP contribution in [0.15, 0.2) is 53.3 Å². The summed E-state index contributed by atoms with van der Waals surface area (Å²) in [6.45, 7) is 0. The Balaban J connectivity index is 1.88. The molecule has 7 heteroatoms. The molecular formula is C19H13Cl2N3O2. The number of hydrogen-bond donors (Lipinski definition) is 2. The first kappa shape index (κ1) is 16.8. The number of fused-ring (bicyclic) bond motifs is 1. The van der Waals surface area contributed by atoms with Crippen molar-refractivity contribution in [3.05, 3.63) is 80.1 Å². The second kappa shape index (κ2) is 6.59. The number of aromatic nitrogens is 2. The number of rotatable bonds is 2. The molecule has 0 spiro atoms. The first-order chi connectivity index (χ1) is 12.5. The number of amides is 1. The molecule has 3 aromatic rings. The average Bonchev–Trinajstić information content (AvgIpc) is 2.61. The fourth-order valence-electron chi connectivity index (χ4n) is 3.15. The van der Waals surface area contributed by atoms with Crippen LogP contribution in [0, 0.1) is 0 Å². The summed E-state index contributed by atoms with van der Waals surface area (Å²) in [5, 5.41) is 3.61. The van der Waals surface area contributed by atoms with Gasteiger partial charge in [0.15, 0.2) is 0 Å². The number of carbonyl (C=O) groups excluding carboxylic acids is 1. The highest BCUT2D eigenvalue weighted by atomic mass is 35.5. The second-order valence-electron chi connectivity index (χ2n) is 6.01. The number of nitrogens with zero attached hydrogens (tertiary/aromatic N) is 1. The Morgan fingerprint density at radius 2 is 1.81 bits per heavy atom. The van der Waals surface area contributed by atoms with Crippen molar-refractivity contribution in [1.29, 1.82) is 0 Å². The topological polar surface area (TPSA) is 74.8 Å². The SMILES string of the molecule is O=C1C[C@H](c2ccc(Cl)cc2Cl)c2c(nc(-c3ccccc3)[nH]c2=O)N1. The quantitative estimate of drug-likeness (QED) is 0.693. The molecule has 130 valence electrons. The highest BCUT2D eigenvalue weighted by Crippen LogP contribution is 2.38. The van der Waals surface area contributed by atoms with Gasteiger partial charge in [-0.25, -0.2) is 4.98 Å². The Hall–Kier alpha value is -2.63. The van der Waals surface area contributed by atoms with Gasteiger partial charge in [-0.2, -0.15) is 0 Å². The zero-order chi connectivity index (χ0) is 18.3. The van der Waals surface area contributed by atoms with E-state index in [1.165, 1.54) is 0 Å². The molecule has 0 bridgehead atoms. The van der Waals surface area contributed by atoms with Crippen molar-refractivity contribution in [3.8, 4) is 11.4 Å². The van der Waals surface area contributed by atoms with Gasteiger partial charge in [0, 0.05) is 27.9 Å². The van der Waals surface area contributed by atoms with E-state index in [4.69, 9.17) is 23.2 Å². The predicted molar refractivity (Wildman–Crippen MR) is 102 cm³/mol. The number of halogens is 2. The maximum Gasteiger partial charge on any atom is 0.257 e. The van der Waals surface area contributed by atoms with Crippen LogP contribution in [0.4, 0.5) is 5.82 Å². The first-order valence-electron chi connectivity index (χ1n) is 7.97. The monoisotopic (exact) mass is 385 g/mol. The first-order valence-corrected chi connectivity index (χ1v) is 8.73. The molecule has 0 saturated heterocycles. The second-order valence-corrected chi connectivity index (χ2v) is 6.86. The molecule has 1 amide bonds. The van der Waals surface area contributed by atoms with Gasteiger partial charge in [0.1, 0.15) is 11.6 Å². The molecule has 4 rings (SSSR count).